The van der Waals surface area contributed by atoms with E-state index >= 15 is 0 Å². The molecule has 3 aromatic rings. The Balaban J connectivity index is 1.50. The molecule has 12 heteroatoms. The van der Waals surface area contributed by atoms with Crippen LogP contribution in [0, 0.1) is 5.41 Å². The lowest BCUT2D eigenvalue weighted by Gasteiger charge is -2.25. The van der Waals surface area contributed by atoms with Crippen molar-refractivity contribution in [3.05, 3.63) is 89.5 Å². The Kier molecular flexibility index (Phi) is 8.35. The Morgan fingerprint density at radius 2 is 1.76 bits per heavy atom. The Labute approximate surface area is 225 Å². The van der Waals surface area contributed by atoms with Gasteiger partial charge in [0.1, 0.15) is 18.4 Å². The Morgan fingerprint density at radius 3 is 2.45 bits per heavy atom. The standard InChI is InChI=1S/C26H28N6O4S2/c27-20-10-11-23-22(12-20)32(14-24(33)30-13-17-6-8-19(9-7-17)25(28)29)26(34)21(15-37-23)31-38(35,36)16-18-4-2-1-3-5-18/h1-12,21,31H,13-16,27H2,(H3,28,29)(H,30,33)/t21-/m1/s1. The van der Waals surface area contributed by atoms with Gasteiger partial charge in [0.05, 0.1) is 11.4 Å². The van der Waals surface area contributed by atoms with Crippen molar-refractivity contribution in [2.75, 3.05) is 22.9 Å². The number of nitrogen functional groups attached to an aromatic ring is 2. The lowest BCUT2D eigenvalue weighted by atomic mass is 10.1. The van der Waals surface area contributed by atoms with E-state index in [1.54, 1.807) is 72.8 Å². The van der Waals surface area contributed by atoms with E-state index in [4.69, 9.17) is 16.9 Å². The van der Waals surface area contributed by atoms with Crippen LogP contribution >= 0.6 is 11.8 Å². The first-order valence-corrected chi connectivity index (χ1v) is 14.3. The minimum absolute atomic E-state index is 0.0509. The summed E-state index contributed by atoms with van der Waals surface area (Å²) in [5, 5.41) is 10.3. The molecule has 1 atom stereocenters. The van der Waals surface area contributed by atoms with Crippen LogP contribution in [0.2, 0.25) is 0 Å². The summed E-state index contributed by atoms with van der Waals surface area (Å²) in [6, 6.07) is 19.5. The van der Waals surface area contributed by atoms with Gasteiger partial charge in [-0.1, -0.05) is 54.6 Å². The molecule has 0 bridgehead atoms. The normalized spacial score (nSPS) is 15.4. The van der Waals surface area contributed by atoms with Crippen LogP contribution in [0.5, 0.6) is 0 Å². The van der Waals surface area contributed by atoms with Crippen LogP contribution in [0.25, 0.3) is 0 Å². The number of nitrogens with zero attached hydrogens (tertiary/aromatic N) is 1. The highest BCUT2D eigenvalue weighted by Crippen LogP contribution is 2.36. The lowest BCUT2D eigenvalue weighted by Crippen LogP contribution is -2.51. The van der Waals surface area contributed by atoms with Crippen LogP contribution in [-0.2, 0) is 31.9 Å². The highest BCUT2D eigenvalue weighted by molar-refractivity contribution is 7.99. The van der Waals surface area contributed by atoms with Crippen molar-refractivity contribution < 1.29 is 18.0 Å². The van der Waals surface area contributed by atoms with E-state index in [0.717, 1.165) is 5.56 Å². The quantitative estimate of drug-likeness (QED) is 0.153. The molecule has 0 aliphatic carbocycles. The molecule has 7 N–H and O–H groups in total. The van der Waals surface area contributed by atoms with Gasteiger partial charge in [0, 0.05) is 28.4 Å². The molecule has 4 rings (SSSR count). The van der Waals surface area contributed by atoms with Crippen molar-refractivity contribution in [1.29, 1.82) is 5.41 Å². The van der Waals surface area contributed by atoms with E-state index in [-0.39, 0.29) is 30.4 Å². The Morgan fingerprint density at radius 1 is 1.05 bits per heavy atom. The van der Waals surface area contributed by atoms with Gasteiger partial charge >= 0.3 is 0 Å². The van der Waals surface area contributed by atoms with E-state index in [1.165, 1.54) is 16.7 Å². The third kappa shape index (κ3) is 6.91. The number of benzene rings is 3. The first kappa shape index (κ1) is 27.2. The number of rotatable bonds is 9. The summed E-state index contributed by atoms with van der Waals surface area (Å²) in [4.78, 5) is 28.5. The Bertz CT molecular complexity index is 1450. The molecule has 198 valence electrons. The van der Waals surface area contributed by atoms with Crippen molar-refractivity contribution >= 4 is 50.8 Å². The van der Waals surface area contributed by atoms with Gasteiger partial charge in [0.2, 0.25) is 21.8 Å². The number of hydrogen-bond acceptors (Lipinski definition) is 7. The maximum absolute atomic E-state index is 13.6. The third-order valence-corrected chi connectivity index (χ3v) is 8.33. The molecular weight excluding hydrogens is 524 g/mol. The third-order valence-electron chi connectivity index (χ3n) is 5.82. The number of nitrogens with one attached hydrogen (secondary N) is 3. The molecule has 2 amide bonds. The van der Waals surface area contributed by atoms with Crippen LogP contribution in [0.15, 0.2) is 77.7 Å². The molecule has 0 fully saturated rings. The van der Waals surface area contributed by atoms with Crippen LogP contribution in [0.4, 0.5) is 11.4 Å². The summed E-state index contributed by atoms with van der Waals surface area (Å²) >= 11 is 1.32. The van der Waals surface area contributed by atoms with Gasteiger partial charge in [-0.2, -0.15) is 0 Å². The Hall–Kier alpha value is -3.87. The fraction of sp³-hybridized carbons (Fsp3) is 0.192. The fourth-order valence-electron chi connectivity index (χ4n) is 3.92. The van der Waals surface area contributed by atoms with E-state index < -0.39 is 27.9 Å². The van der Waals surface area contributed by atoms with Crippen molar-refractivity contribution in [3.63, 3.8) is 0 Å². The van der Waals surface area contributed by atoms with E-state index in [9.17, 15) is 18.0 Å². The zero-order valence-corrected chi connectivity index (χ0v) is 22.0. The van der Waals surface area contributed by atoms with Crippen LogP contribution in [-0.4, -0.2) is 44.4 Å². The van der Waals surface area contributed by atoms with Gasteiger partial charge in [-0.15, -0.1) is 11.8 Å². The van der Waals surface area contributed by atoms with Gasteiger partial charge in [0.15, 0.2) is 0 Å². The molecule has 38 heavy (non-hydrogen) atoms. The zero-order valence-electron chi connectivity index (χ0n) is 20.4. The summed E-state index contributed by atoms with van der Waals surface area (Å²) in [7, 11) is -3.85. The van der Waals surface area contributed by atoms with Crippen molar-refractivity contribution in [2.24, 2.45) is 5.73 Å². The van der Waals surface area contributed by atoms with Crippen LogP contribution in [0.1, 0.15) is 16.7 Å². The predicted octanol–water partition coefficient (Wildman–Crippen LogP) is 1.80. The zero-order chi connectivity index (χ0) is 27.3. The molecule has 0 aromatic heterocycles. The number of sulfonamides is 1. The van der Waals surface area contributed by atoms with Gasteiger partial charge in [-0.25, -0.2) is 13.1 Å². The summed E-state index contributed by atoms with van der Waals surface area (Å²) in [5.41, 5.74) is 14.3. The molecule has 10 nitrogen and oxygen atoms in total. The lowest BCUT2D eigenvalue weighted by molar-refractivity contribution is -0.124. The predicted molar refractivity (Wildman–Crippen MR) is 149 cm³/mol. The number of thioether (sulfide) groups is 1. The summed E-state index contributed by atoms with van der Waals surface area (Å²) in [6.07, 6.45) is 0. The van der Waals surface area contributed by atoms with Crippen molar-refractivity contribution in [3.8, 4) is 0 Å². The summed E-state index contributed by atoms with van der Waals surface area (Å²) < 4.78 is 28.3. The van der Waals surface area contributed by atoms with E-state index in [0.29, 0.717) is 27.4 Å². The SMILES string of the molecule is N=C(N)c1ccc(CNC(=O)CN2C(=O)[C@H](NS(=O)(=O)Cc3ccccc3)CSc3ccc(N)cc32)cc1. The highest BCUT2D eigenvalue weighted by Gasteiger charge is 2.34. The number of nitrogens with two attached hydrogens (primary N) is 2. The average Bonchev–Trinajstić information content (AvgIpc) is 3.00. The topological polar surface area (TPSA) is 171 Å². The summed E-state index contributed by atoms with van der Waals surface area (Å²) in [5.74, 6) is -1.14. The first-order chi connectivity index (χ1) is 18.1. The maximum atomic E-state index is 13.6. The molecule has 0 radical (unpaired) electrons. The number of carbonyl (C=O) groups is 2. The first-order valence-electron chi connectivity index (χ1n) is 11.7. The second-order valence-corrected chi connectivity index (χ2v) is 11.6. The van der Waals surface area contributed by atoms with Gasteiger partial charge < -0.3 is 21.7 Å². The molecule has 1 heterocycles. The van der Waals surface area contributed by atoms with Gasteiger partial charge in [-0.3, -0.25) is 15.0 Å². The van der Waals surface area contributed by atoms with Crippen molar-refractivity contribution in [1.82, 2.24) is 10.0 Å². The van der Waals surface area contributed by atoms with Crippen LogP contribution in [0.3, 0.4) is 0 Å². The highest BCUT2D eigenvalue weighted by atomic mass is 32.2. The van der Waals surface area contributed by atoms with E-state index in [2.05, 4.69) is 10.0 Å². The molecule has 0 saturated heterocycles. The minimum atomic E-state index is -3.85. The molecule has 3 aromatic carbocycles. The number of amides is 2. The maximum Gasteiger partial charge on any atom is 0.246 e. The van der Waals surface area contributed by atoms with Crippen molar-refractivity contribution in [2.45, 2.75) is 23.2 Å². The number of carbonyl (C=O) groups excluding carboxylic acids is 2. The number of fused-ring (bicyclic) bond motifs is 1. The van der Waals surface area contributed by atoms with Crippen LogP contribution < -0.4 is 26.4 Å². The summed E-state index contributed by atoms with van der Waals surface area (Å²) in [6.45, 7) is -0.122. The molecule has 0 spiro atoms. The molecule has 0 unspecified atom stereocenters. The fourth-order valence-corrected chi connectivity index (χ4v) is 6.41. The van der Waals surface area contributed by atoms with Gasteiger partial charge in [-0.05, 0) is 29.3 Å². The molecule has 0 saturated carbocycles. The number of amidine groups is 1. The second kappa shape index (κ2) is 11.7. The molecule has 1 aliphatic heterocycles. The second-order valence-electron chi connectivity index (χ2n) is 8.76. The van der Waals surface area contributed by atoms with Gasteiger partial charge in [0.25, 0.3) is 0 Å². The number of hydrogen-bond donors (Lipinski definition) is 5. The largest absolute Gasteiger partial charge is 0.399 e. The number of anilines is 2. The average molecular weight is 553 g/mol. The minimum Gasteiger partial charge on any atom is -0.399 e. The smallest absolute Gasteiger partial charge is 0.246 e. The van der Waals surface area contributed by atoms with E-state index in [1.807, 2.05) is 0 Å². The monoisotopic (exact) mass is 552 g/mol. The molecular formula is C26H28N6O4S2. The molecule has 1 aliphatic rings.